The number of aliphatic carboxylic acids is 1. The molecule has 1 aromatic carbocycles. The summed E-state index contributed by atoms with van der Waals surface area (Å²) in [5.41, 5.74) is 8.05. The van der Waals surface area contributed by atoms with Crippen molar-refractivity contribution in [3.8, 4) is 0 Å². The molecule has 0 aromatic heterocycles. The van der Waals surface area contributed by atoms with Crippen LogP contribution in [-0.2, 0) is 16.0 Å². The second kappa shape index (κ2) is 4.75. The Morgan fingerprint density at radius 3 is 2.89 bits per heavy atom. The van der Waals surface area contributed by atoms with Crippen LogP contribution in [-0.4, -0.2) is 30.1 Å². The number of likely N-dealkylation sites (N-methyl/N-ethyl adjacent to an activating group) is 1. The van der Waals surface area contributed by atoms with Gasteiger partial charge in [0.15, 0.2) is 0 Å². The topological polar surface area (TPSA) is 104 Å². The fraction of sp³-hybridized carbons (Fsp3) is 0.333. The molecule has 0 radical (unpaired) electrons. The molecule has 2 atom stereocenters. The Morgan fingerprint density at radius 1 is 1.56 bits per heavy atom. The summed E-state index contributed by atoms with van der Waals surface area (Å²) in [5.74, 6) is -1.12. The Morgan fingerprint density at radius 2 is 2.28 bits per heavy atom. The molecule has 5 N–H and O–H groups in total. The van der Waals surface area contributed by atoms with E-state index < -0.39 is 18.1 Å². The SMILES string of the molecule is CNC(c1ccc2c(c1)CC(=O)N2)C(N)C(=O)O. The Bertz CT molecular complexity index is 501. The third-order valence-corrected chi connectivity index (χ3v) is 3.07. The number of rotatable bonds is 4. The van der Waals surface area contributed by atoms with Crippen LogP contribution in [0.5, 0.6) is 0 Å². The standard InChI is InChI=1S/C12H15N3O3/c1-14-11(10(13)12(17)18)6-2-3-8-7(4-6)5-9(16)15-8/h2-4,10-11,14H,5,13H2,1H3,(H,15,16)(H,17,18). The van der Waals surface area contributed by atoms with E-state index in [-0.39, 0.29) is 5.91 Å². The molecule has 2 rings (SSSR count). The number of hydrogen-bond donors (Lipinski definition) is 4. The number of nitrogens with two attached hydrogens (primary N) is 1. The van der Waals surface area contributed by atoms with E-state index >= 15 is 0 Å². The van der Waals surface area contributed by atoms with Gasteiger partial charge in [0, 0.05) is 5.69 Å². The Balaban J connectivity index is 2.31. The molecular weight excluding hydrogens is 234 g/mol. The number of carboxylic acids is 1. The van der Waals surface area contributed by atoms with Gasteiger partial charge < -0.3 is 21.5 Å². The summed E-state index contributed by atoms with van der Waals surface area (Å²) < 4.78 is 0. The van der Waals surface area contributed by atoms with Crippen molar-refractivity contribution >= 4 is 17.6 Å². The Labute approximate surface area is 104 Å². The van der Waals surface area contributed by atoms with Gasteiger partial charge in [-0.2, -0.15) is 0 Å². The summed E-state index contributed by atoms with van der Waals surface area (Å²) in [4.78, 5) is 22.2. The summed E-state index contributed by atoms with van der Waals surface area (Å²) in [6.45, 7) is 0. The van der Waals surface area contributed by atoms with Crippen LogP contribution in [0.2, 0.25) is 0 Å². The minimum absolute atomic E-state index is 0.0503. The minimum Gasteiger partial charge on any atom is -0.480 e. The molecule has 2 unspecified atom stereocenters. The van der Waals surface area contributed by atoms with Crippen LogP contribution in [0.1, 0.15) is 17.2 Å². The first kappa shape index (κ1) is 12.5. The van der Waals surface area contributed by atoms with E-state index in [9.17, 15) is 9.59 Å². The molecule has 0 bridgehead atoms. The Hall–Kier alpha value is -1.92. The van der Waals surface area contributed by atoms with Crippen molar-refractivity contribution in [3.05, 3.63) is 29.3 Å². The van der Waals surface area contributed by atoms with Gasteiger partial charge in [-0.15, -0.1) is 0 Å². The molecule has 1 aliphatic heterocycles. The summed E-state index contributed by atoms with van der Waals surface area (Å²) in [6.07, 6.45) is 0.321. The summed E-state index contributed by atoms with van der Waals surface area (Å²) in [5, 5.41) is 14.6. The normalized spacial score (nSPS) is 16.9. The number of anilines is 1. The zero-order chi connectivity index (χ0) is 13.3. The lowest BCUT2D eigenvalue weighted by Crippen LogP contribution is -2.42. The number of hydrogen-bond acceptors (Lipinski definition) is 4. The molecule has 0 fully saturated rings. The van der Waals surface area contributed by atoms with E-state index in [4.69, 9.17) is 10.8 Å². The van der Waals surface area contributed by atoms with E-state index in [1.807, 2.05) is 6.07 Å². The number of benzene rings is 1. The maximum Gasteiger partial charge on any atom is 0.322 e. The predicted octanol–water partition coefficient (Wildman–Crippen LogP) is -0.146. The van der Waals surface area contributed by atoms with Crippen molar-refractivity contribution in [1.29, 1.82) is 0 Å². The van der Waals surface area contributed by atoms with Gasteiger partial charge in [-0.05, 0) is 24.2 Å². The molecular formula is C12H15N3O3. The molecule has 18 heavy (non-hydrogen) atoms. The first-order chi connectivity index (χ1) is 8.52. The lowest BCUT2D eigenvalue weighted by molar-refractivity contribution is -0.139. The van der Waals surface area contributed by atoms with E-state index in [1.54, 1.807) is 19.2 Å². The van der Waals surface area contributed by atoms with Crippen LogP contribution in [0.25, 0.3) is 0 Å². The number of nitrogens with one attached hydrogen (secondary N) is 2. The number of amides is 1. The molecule has 96 valence electrons. The van der Waals surface area contributed by atoms with Crippen molar-refractivity contribution in [2.24, 2.45) is 5.73 Å². The monoisotopic (exact) mass is 249 g/mol. The number of fused-ring (bicyclic) bond motifs is 1. The molecule has 1 heterocycles. The highest BCUT2D eigenvalue weighted by Gasteiger charge is 2.26. The highest BCUT2D eigenvalue weighted by atomic mass is 16.4. The second-order valence-corrected chi connectivity index (χ2v) is 4.27. The van der Waals surface area contributed by atoms with Gasteiger partial charge in [0.25, 0.3) is 0 Å². The van der Waals surface area contributed by atoms with Gasteiger partial charge >= 0.3 is 5.97 Å². The zero-order valence-corrected chi connectivity index (χ0v) is 9.93. The van der Waals surface area contributed by atoms with E-state index in [0.29, 0.717) is 6.42 Å². The Kier molecular flexibility index (Phi) is 3.31. The van der Waals surface area contributed by atoms with Crippen LogP contribution in [0.4, 0.5) is 5.69 Å². The number of carbonyl (C=O) groups is 2. The van der Waals surface area contributed by atoms with Crippen molar-refractivity contribution in [1.82, 2.24) is 5.32 Å². The minimum atomic E-state index is -1.07. The fourth-order valence-corrected chi connectivity index (χ4v) is 2.14. The maximum atomic E-state index is 11.2. The van der Waals surface area contributed by atoms with Gasteiger partial charge in [0.05, 0.1) is 12.5 Å². The highest BCUT2D eigenvalue weighted by molar-refractivity contribution is 5.99. The lowest BCUT2D eigenvalue weighted by atomic mass is 9.97. The number of carboxylic acid groups (broad SMARTS) is 1. The van der Waals surface area contributed by atoms with Crippen molar-refractivity contribution in [2.75, 3.05) is 12.4 Å². The van der Waals surface area contributed by atoms with Gasteiger partial charge in [0.1, 0.15) is 6.04 Å². The molecule has 0 spiro atoms. The fourth-order valence-electron chi connectivity index (χ4n) is 2.14. The molecule has 1 aromatic rings. The summed E-state index contributed by atoms with van der Waals surface area (Å²) in [7, 11) is 1.66. The second-order valence-electron chi connectivity index (χ2n) is 4.27. The van der Waals surface area contributed by atoms with Gasteiger partial charge in [0.2, 0.25) is 5.91 Å². The highest BCUT2D eigenvalue weighted by Crippen LogP contribution is 2.27. The van der Waals surface area contributed by atoms with Gasteiger partial charge in [-0.3, -0.25) is 9.59 Å². The summed E-state index contributed by atoms with van der Waals surface area (Å²) >= 11 is 0. The molecule has 0 saturated heterocycles. The lowest BCUT2D eigenvalue weighted by Gasteiger charge is -2.21. The average Bonchev–Trinajstić information content (AvgIpc) is 2.69. The van der Waals surface area contributed by atoms with Crippen molar-refractivity contribution < 1.29 is 14.7 Å². The van der Waals surface area contributed by atoms with Gasteiger partial charge in [-0.25, -0.2) is 0 Å². The van der Waals surface area contributed by atoms with Crippen molar-refractivity contribution in [2.45, 2.75) is 18.5 Å². The molecule has 6 heteroatoms. The van der Waals surface area contributed by atoms with E-state index in [2.05, 4.69) is 10.6 Å². The average molecular weight is 249 g/mol. The van der Waals surface area contributed by atoms with Crippen LogP contribution < -0.4 is 16.4 Å². The van der Waals surface area contributed by atoms with Crippen molar-refractivity contribution in [3.63, 3.8) is 0 Å². The zero-order valence-electron chi connectivity index (χ0n) is 9.93. The molecule has 1 aliphatic rings. The largest absolute Gasteiger partial charge is 0.480 e. The molecule has 1 amide bonds. The molecule has 6 nitrogen and oxygen atoms in total. The van der Waals surface area contributed by atoms with E-state index in [0.717, 1.165) is 16.8 Å². The third kappa shape index (κ3) is 2.20. The van der Waals surface area contributed by atoms with Gasteiger partial charge in [-0.1, -0.05) is 12.1 Å². The van der Waals surface area contributed by atoms with E-state index in [1.165, 1.54) is 0 Å². The summed E-state index contributed by atoms with van der Waals surface area (Å²) in [6, 6.07) is 3.85. The first-order valence-corrected chi connectivity index (χ1v) is 5.61. The number of carbonyl (C=O) groups excluding carboxylic acids is 1. The molecule has 0 saturated carbocycles. The smallest absolute Gasteiger partial charge is 0.322 e. The van der Waals surface area contributed by atoms with Crippen LogP contribution in [0.3, 0.4) is 0 Å². The van der Waals surface area contributed by atoms with Crippen LogP contribution in [0.15, 0.2) is 18.2 Å². The van der Waals surface area contributed by atoms with Crippen LogP contribution in [0, 0.1) is 0 Å². The first-order valence-electron chi connectivity index (χ1n) is 5.61. The predicted molar refractivity (Wildman–Crippen MR) is 66.2 cm³/mol. The maximum absolute atomic E-state index is 11.2. The van der Waals surface area contributed by atoms with Crippen LogP contribution >= 0.6 is 0 Å². The quantitative estimate of drug-likeness (QED) is 0.594. The molecule has 0 aliphatic carbocycles. The third-order valence-electron chi connectivity index (χ3n) is 3.07.